The molecule has 0 aliphatic heterocycles. The Balaban J connectivity index is 3.16. The van der Waals surface area contributed by atoms with E-state index in [1.54, 1.807) is 37.3 Å². The van der Waals surface area contributed by atoms with E-state index in [-0.39, 0.29) is 12.4 Å². The largest absolute Gasteiger partial charge is 0.508 e. The van der Waals surface area contributed by atoms with E-state index in [9.17, 15) is 15.3 Å². The van der Waals surface area contributed by atoms with Crippen molar-refractivity contribution < 1.29 is 20.1 Å². The van der Waals surface area contributed by atoms with Gasteiger partial charge in [0, 0.05) is 17.5 Å². The van der Waals surface area contributed by atoms with Gasteiger partial charge in [-0.15, -0.1) is 0 Å². The Morgan fingerprint density at radius 1 is 1.39 bits per heavy atom. The third-order valence-corrected chi connectivity index (χ3v) is 3.45. The summed E-state index contributed by atoms with van der Waals surface area (Å²) in [4.78, 5) is 0. The van der Waals surface area contributed by atoms with Crippen molar-refractivity contribution in [1.29, 1.82) is 0 Å². The standard InChI is InChI=1S/C18H25NO4/c1-4-6-13(11-20)7-5-8-14(12(2)21)15-9-16(19)18(23-3)10-17(15)22/h4-10,12,14,20-22H,11,19H2,1-3H3/b6-4-,8-5+,13-7-/t12-,14+/m1/s1. The van der Waals surface area contributed by atoms with Crippen molar-refractivity contribution in [3.8, 4) is 11.5 Å². The highest BCUT2D eigenvalue weighted by Gasteiger charge is 2.19. The maximum atomic E-state index is 10.2. The number of aromatic hydroxyl groups is 1. The molecule has 1 aromatic carbocycles. The third kappa shape index (κ3) is 5.16. The third-order valence-electron chi connectivity index (χ3n) is 3.45. The SMILES string of the molecule is C\C=C/C(=C/C=C/[C@H](c1cc(N)c(OC)cc1O)[C@@H](C)O)CO. The summed E-state index contributed by atoms with van der Waals surface area (Å²) in [7, 11) is 1.47. The van der Waals surface area contributed by atoms with E-state index in [0.717, 1.165) is 5.57 Å². The Labute approximate surface area is 137 Å². The lowest BCUT2D eigenvalue weighted by Crippen LogP contribution is -2.13. The number of phenolic OH excluding ortho intramolecular Hbond substituents is 1. The number of allylic oxidation sites excluding steroid dienone is 3. The summed E-state index contributed by atoms with van der Waals surface area (Å²) in [6.07, 6.45) is 8.15. The van der Waals surface area contributed by atoms with E-state index in [2.05, 4.69) is 0 Å². The second-order valence-electron chi connectivity index (χ2n) is 5.20. The number of aliphatic hydroxyl groups is 2. The number of benzene rings is 1. The van der Waals surface area contributed by atoms with E-state index in [0.29, 0.717) is 17.0 Å². The Hall–Kier alpha value is -2.24. The zero-order valence-corrected chi connectivity index (χ0v) is 13.7. The molecular weight excluding hydrogens is 294 g/mol. The van der Waals surface area contributed by atoms with Crippen molar-refractivity contribution in [3.63, 3.8) is 0 Å². The number of aliphatic hydroxyl groups excluding tert-OH is 2. The topological polar surface area (TPSA) is 95.9 Å². The summed E-state index contributed by atoms with van der Waals surface area (Å²) < 4.78 is 5.06. The molecule has 0 aromatic heterocycles. The molecule has 1 aromatic rings. The van der Waals surface area contributed by atoms with Crippen LogP contribution in [0.5, 0.6) is 11.5 Å². The molecule has 0 bridgehead atoms. The number of hydrogen-bond acceptors (Lipinski definition) is 5. The van der Waals surface area contributed by atoms with Gasteiger partial charge in [0.25, 0.3) is 0 Å². The first-order valence-corrected chi connectivity index (χ1v) is 7.39. The highest BCUT2D eigenvalue weighted by atomic mass is 16.5. The Morgan fingerprint density at radius 2 is 2.09 bits per heavy atom. The normalized spacial score (nSPS) is 15.3. The van der Waals surface area contributed by atoms with E-state index in [1.165, 1.54) is 13.2 Å². The minimum Gasteiger partial charge on any atom is -0.508 e. The molecule has 5 nitrogen and oxygen atoms in total. The van der Waals surface area contributed by atoms with Crippen molar-refractivity contribution in [3.05, 3.63) is 53.6 Å². The Kier molecular flexibility index (Phi) is 7.38. The molecule has 23 heavy (non-hydrogen) atoms. The van der Waals surface area contributed by atoms with Gasteiger partial charge in [0.1, 0.15) is 11.5 Å². The van der Waals surface area contributed by atoms with Gasteiger partial charge < -0.3 is 25.8 Å². The molecule has 0 amide bonds. The Bertz CT molecular complexity index is 603. The summed E-state index contributed by atoms with van der Waals surface area (Å²) in [5.41, 5.74) is 7.53. The van der Waals surface area contributed by atoms with Gasteiger partial charge in [-0.05, 0) is 25.5 Å². The number of nitrogens with two attached hydrogens (primary N) is 1. The fourth-order valence-corrected chi connectivity index (χ4v) is 2.25. The summed E-state index contributed by atoms with van der Waals surface area (Å²) in [5.74, 6) is -0.0495. The van der Waals surface area contributed by atoms with Crippen LogP contribution in [0.4, 0.5) is 5.69 Å². The molecule has 0 saturated heterocycles. The van der Waals surface area contributed by atoms with Crippen LogP contribution in [0.2, 0.25) is 0 Å². The highest BCUT2D eigenvalue weighted by molar-refractivity contribution is 5.60. The molecule has 0 radical (unpaired) electrons. The fraction of sp³-hybridized carbons (Fsp3) is 0.333. The van der Waals surface area contributed by atoms with E-state index >= 15 is 0 Å². The van der Waals surface area contributed by atoms with Gasteiger partial charge in [0.05, 0.1) is 25.5 Å². The quantitative estimate of drug-likeness (QED) is 0.352. The van der Waals surface area contributed by atoms with Crippen LogP contribution in [-0.4, -0.2) is 35.1 Å². The monoisotopic (exact) mass is 319 g/mol. The summed E-state index contributed by atoms with van der Waals surface area (Å²) >= 11 is 0. The van der Waals surface area contributed by atoms with Crippen molar-refractivity contribution >= 4 is 5.69 Å². The lowest BCUT2D eigenvalue weighted by Gasteiger charge is -2.19. The average molecular weight is 319 g/mol. The summed E-state index contributed by atoms with van der Waals surface area (Å²) in [6.45, 7) is 3.43. The predicted molar refractivity (Wildman–Crippen MR) is 92.6 cm³/mol. The van der Waals surface area contributed by atoms with Gasteiger partial charge in [-0.25, -0.2) is 0 Å². The van der Waals surface area contributed by atoms with Gasteiger partial charge in [0.15, 0.2) is 0 Å². The van der Waals surface area contributed by atoms with Crippen LogP contribution >= 0.6 is 0 Å². The minimum absolute atomic E-state index is 0.00594. The molecule has 0 fully saturated rings. The second kappa shape index (κ2) is 9.02. The number of anilines is 1. The fourth-order valence-electron chi connectivity index (χ4n) is 2.25. The van der Waals surface area contributed by atoms with Gasteiger partial charge in [-0.3, -0.25) is 0 Å². The summed E-state index contributed by atoms with van der Waals surface area (Å²) in [6, 6.07) is 3.03. The number of nitrogen functional groups attached to an aromatic ring is 1. The molecule has 0 saturated carbocycles. The van der Waals surface area contributed by atoms with Crippen molar-refractivity contribution in [2.45, 2.75) is 25.9 Å². The van der Waals surface area contributed by atoms with Crippen molar-refractivity contribution in [1.82, 2.24) is 0 Å². The van der Waals surface area contributed by atoms with E-state index in [1.807, 2.05) is 13.0 Å². The van der Waals surface area contributed by atoms with Crippen LogP contribution in [0.3, 0.4) is 0 Å². The zero-order valence-electron chi connectivity index (χ0n) is 13.7. The number of ether oxygens (including phenoxy) is 1. The zero-order chi connectivity index (χ0) is 17.4. The minimum atomic E-state index is -0.724. The van der Waals surface area contributed by atoms with Crippen LogP contribution in [0.15, 0.2) is 48.1 Å². The maximum Gasteiger partial charge on any atom is 0.145 e. The van der Waals surface area contributed by atoms with Crippen LogP contribution in [0.1, 0.15) is 25.3 Å². The number of rotatable bonds is 7. The molecule has 0 spiro atoms. The smallest absolute Gasteiger partial charge is 0.145 e. The van der Waals surface area contributed by atoms with Crippen LogP contribution < -0.4 is 10.5 Å². The molecule has 0 heterocycles. The van der Waals surface area contributed by atoms with Crippen molar-refractivity contribution in [2.24, 2.45) is 0 Å². The predicted octanol–water partition coefficient (Wildman–Crippen LogP) is 2.50. The molecule has 5 heteroatoms. The number of hydrogen-bond donors (Lipinski definition) is 4. The van der Waals surface area contributed by atoms with Gasteiger partial charge in [-0.2, -0.15) is 0 Å². The van der Waals surface area contributed by atoms with Gasteiger partial charge in [0.2, 0.25) is 0 Å². The molecular formula is C18H25NO4. The molecule has 5 N–H and O–H groups in total. The molecule has 126 valence electrons. The van der Waals surface area contributed by atoms with E-state index in [4.69, 9.17) is 10.5 Å². The second-order valence-corrected chi connectivity index (χ2v) is 5.20. The average Bonchev–Trinajstić information content (AvgIpc) is 2.52. The number of methoxy groups -OCH3 is 1. The lowest BCUT2D eigenvalue weighted by molar-refractivity contribution is 0.177. The first kappa shape index (κ1) is 18.8. The van der Waals surface area contributed by atoms with Crippen LogP contribution in [0.25, 0.3) is 0 Å². The molecule has 1 rings (SSSR count). The van der Waals surface area contributed by atoms with Crippen LogP contribution in [0, 0.1) is 0 Å². The van der Waals surface area contributed by atoms with E-state index < -0.39 is 12.0 Å². The van der Waals surface area contributed by atoms with Crippen LogP contribution in [-0.2, 0) is 0 Å². The number of phenols is 1. The molecule has 0 aliphatic carbocycles. The van der Waals surface area contributed by atoms with Gasteiger partial charge >= 0.3 is 0 Å². The first-order chi connectivity index (χ1) is 10.9. The molecule has 0 aliphatic rings. The van der Waals surface area contributed by atoms with Crippen molar-refractivity contribution in [2.75, 3.05) is 19.5 Å². The highest BCUT2D eigenvalue weighted by Crippen LogP contribution is 2.36. The molecule has 2 atom stereocenters. The lowest BCUT2D eigenvalue weighted by atomic mass is 9.92. The molecule has 0 unspecified atom stereocenters. The first-order valence-electron chi connectivity index (χ1n) is 7.39. The maximum absolute atomic E-state index is 10.2. The summed E-state index contributed by atoms with van der Waals surface area (Å²) in [5, 5.41) is 29.4. The van der Waals surface area contributed by atoms with Gasteiger partial charge in [-0.1, -0.05) is 30.4 Å². The Morgan fingerprint density at radius 3 is 2.61 bits per heavy atom.